The van der Waals surface area contributed by atoms with Gasteiger partial charge in [-0.25, -0.2) is 13.1 Å². The zero-order chi connectivity index (χ0) is 15.5. The molecular formula is C14H20N2O3S2. The molecule has 0 aliphatic heterocycles. The maximum Gasteiger partial charge on any atom is 0.250 e. The van der Waals surface area contributed by atoms with Gasteiger partial charge in [0.15, 0.2) is 0 Å². The molecule has 2 heterocycles. The lowest BCUT2D eigenvalue weighted by Gasteiger charge is -2.12. The minimum atomic E-state index is -3.39. The van der Waals surface area contributed by atoms with Crippen LogP contribution in [0.1, 0.15) is 29.2 Å². The first-order valence-corrected chi connectivity index (χ1v) is 9.03. The SMILES string of the molecule is Cc1ccc(S(=O)(=O)NCCN[C@@H](C)c2occc2C)s1. The van der Waals surface area contributed by atoms with Crippen molar-refractivity contribution in [3.8, 4) is 0 Å². The Morgan fingerprint density at radius 1 is 1.24 bits per heavy atom. The number of nitrogens with one attached hydrogen (secondary N) is 2. The van der Waals surface area contributed by atoms with Crippen molar-refractivity contribution in [1.29, 1.82) is 0 Å². The van der Waals surface area contributed by atoms with E-state index in [1.165, 1.54) is 11.3 Å². The molecule has 2 aromatic heterocycles. The smallest absolute Gasteiger partial charge is 0.250 e. The Bertz CT molecular complexity index is 689. The number of aryl methyl sites for hydroxylation is 2. The second-order valence-electron chi connectivity index (χ2n) is 4.91. The average molecular weight is 328 g/mol. The fourth-order valence-corrected chi connectivity index (χ4v) is 4.38. The van der Waals surface area contributed by atoms with E-state index < -0.39 is 10.0 Å². The number of rotatable bonds is 7. The first-order valence-electron chi connectivity index (χ1n) is 6.73. The van der Waals surface area contributed by atoms with E-state index >= 15 is 0 Å². The van der Waals surface area contributed by atoms with Gasteiger partial charge in [-0.1, -0.05) is 0 Å². The van der Waals surface area contributed by atoms with Crippen molar-refractivity contribution < 1.29 is 12.8 Å². The summed E-state index contributed by atoms with van der Waals surface area (Å²) in [6.07, 6.45) is 1.66. The van der Waals surface area contributed by atoms with E-state index in [9.17, 15) is 8.42 Å². The van der Waals surface area contributed by atoms with Crippen LogP contribution in [0.3, 0.4) is 0 Å². The van der Waals surface area contributed by atoms with Crippen molar-refractivity contribution in [2.75, 3.05) is 13.1 Å². The normalized spacial score (nSPS) is 13.5. The van der Waals surface area contributed by atoms with Gasteiger partial charge in [0, 0.05) is 18.0 Å². The molecule has 7 heteroatoms. The predicted molar refractivity (Wildman–Crippen MR) is 84.1 cm³/mol. The van der Waals surface area contributed by atoms with Gasteiger partial charge in [-0.3, -0.25) is 0 Å². The summed E-state index contributed by atoms with van der Waals surface area (Å²) in [6.45, 7) is 6.73. The van der Waals surface area contributed by atoms with E-state index in [-0.39, 0.29) is 6.04 Å². The van der Waals surface area contributed by atoms with Crippen molar-refractivity contribution >= 4 is 21.4 Å². The highest BCUT2D eigenvalue weighted by Gasteiger charge is 2.16. The van der Waals surface area contributed by atoms with Crippen LogP contribution in [0.25, 0.3) is 0 Å². The zero-order valence-corrected chi connectivity index (χ0v) is 14.0. The molecule has 0 aliphatic carbocycles. The summed E-state index contributed by atoms with van der Waals surface area (Å²) >= 11 is 1.27. The first kappa shape index (κ1) is 16.2. The monoisotopic (exact) mass is 328 g/mol. The highest BCUT2D eigenvalue weighted by molar-refractivity contribution is 7.91. The van der Waals surface area contributed by atoms with Crippen LogP contribution >= 0.6 is 11.3 Å². The summed E-state index contributed by atoms with van der Waals surface area (Å²) in [5, 5.41) is 3.24. The van der Waals surface area contributed by atoms with Gasteiger partial charge in [-0.15, -0.1) is 11.3 Å². The average Bonchev–Trinajstić information content (AvgIpc) is 3.03. The van der Waals surface area contributed by atoms with Gasteiger partial charge in [0.2, 0.25) is 10.0 Å². The van der Waals surface area contributed by atoms with Crippen LogP contribution in [0.5, 0.6) is 0 Å². The molecule has 0 bridgehead atoms. The summed E-state index contributed by atoms with van der Waals surface area (Å²) in [4.78, 5) is 0.982. The topological polar surface area (TPSA) is 71.3 Å². The van der Waals surface area contributed by atoms with Crippen molar-refractivity contribution in [3.05, 3.63) is 40.7 Å². The number of hydrogen-bond donors (Lipinski definition) is 2. The molecule has 0 spiro atoms. The molecule has 0 radical (unpaired) electrons. The predicted octanol–water partition coefficient (Wildman–Crippen LogP) is 2.59. The van der Waals surface area contributed by atoms with E-state index in [4.69, 9.17) is 4.42 Å². The molecule has 2 N–H and O–H groups in total. The van der Waals surface area contributed by atoms with Crippen LogP contribution in [0.15, 0.2) is 33.1 Å². The maximum atomic E-state index is 12.0. The number of sulfonamides is 1. The molecule has 0 amide bonds. The van der Waals surface area contributed by atoms with Crippen molar-refractivity contribution in [1.82, 2.24) is 10.0 Å². The van der Waals surface area contributed by atoms with Crippen LogP contribution in [-0.2, 0) is 10.0 Å². The van der Waals surface area contributed by atoms with Crippen LogP contribution in [0, 0.1) is 13.8 Å². The summed E-state index contributed by atoms with van der Waals surface area (Å²) in [5.41, 5.74) is 1.09. The third-order valence-corrected chi connectivity index (χ3v) is 6.10. The van der Waals surface area contributed by atoms with Crippen LogP contribution in [0.2, 0.25) is 0 Å². The van der Waals surface area contributed by atoms with Crippen molar-refractivity contribution in [3.63, 3.8) is 0 Å². The summed E-state index contributed by atoms with van der Waals surface area (Å²) in [7, 11) is -3.39. The molecule has 2 rings (SSSR count). The van der Waals surface area contributed by atoms with Gasteiger partial charge in [0.1, 0.15) is 9.97 Å². The molecule has 0 unspecified atom stereocenters. The van der Waals surface area contributed by atoms with Crippen LogP contribution < -0.4 is 10.0 Å². The number of hydrogen-bond acceptors (Lipinski definition) is 5. The van der Waals surface area contributed by atoms with Gasteiger partial charge in [-0.05, 0) is 44.5 Å². The Morgan fingerprint density at radius 2 is 2.00 bits per heavy atom. The lowest BCUT2D eigenvalue weighted by Crippen LogP contribution is -2.32. The first-order chi connectivity index (χ1) is 9.90. The maximum absolute atomic E-state index is 12.0. The molecule has 116 valence electrons. The quantitative estimate of drug-likeness (QED) is 0.766. The molecule has 0 aliphatic rings. The number of thiophene rings is 1. The van der Waals surface area contributed by atoms with Crippen LogP contribution in [-0.4, -0.2) is 21.5 Å². The molecule has 5 nitrogen and oxygen atoms in total. The minimum Gasteiger partial charge on any atom is -0.467 e. The van der Waals surface area contributed by atoms with Gasteiger partial charge in [0.05, 0.1) is 12.3 Å². The molecule has 0 fully saturated rings. The Kier molecular flexibility index (Phi) is 5.21. The van der Waals surface area contributed by atoms with Gasteiger partial charge in [-0.2, -0.15) is 0 Å². The molecule has 2 aromatic rings. The van der Waals surface area contributed by atoms with Crippen molar-refractivity contribution in [2.24, 2.45) is 0 Å². The molecular weight excluding hydrogens is 308 g/mol. The Labute approximate surface area is 129 Å². The van der Waals surface area contributed by atoms with E-state index in [1.54, 1.807) is 18.4 Å². The molecule has 0 aromatic carbocycles. The Balaban J connectivity index is 1.81. The van der Waals surface area contributed by atoms with E-state index in [2.05, 4.69) is 10.0 Å². The highest BCUT2D eigenvalue weighted by atomic mass is 32.2. The lowest BCUT2D eigenvalue weighted by molar-refractivity contribution is 0.429. The van der Waals surface area contributed by atoms with Gasteiger partial charge < -0.3 is 9.73 Å². The summed E-state index contributed by atoms with van der Waals surface area (Å²) in [5.74, 6) is 0.881. The molecule has 21 heavy (non-hydrogen) atoms. The highest BCUT2D eigenvalue weighted by Crippen LogP contribution is 2.20. The fourth-order valence-electron chi connectivity index (χ4n) is 2.02. The standard InChI is InChI=1S/C14H20N2O3S2/c1-10-6-9-19-14(10)12(3)15-7-8-16-21(17,18)13-5-4-11(2)20-13/h4-6,9,12,15-16H,7-8H2,1-3H3/t12-/m0/s1. The largest absolute Gasteiger partial charge is 0.467 e. The van der Waals surface area contributed by atoms with Gasteiger partial charge >= 0.3 is 0 Å². The summed E-state index contributed by atoms with van der Waals surface area (Å²) < 4.78 is 32.4. The van der Waals surface area contributed by atoms with E-state index in [1.807, 2.05) is 26.8 Å². The van der Waals surface area contributed by atoms with Gasteiger partial charge in [0.25, 0.3) is 0 Å². The zero-order valence-electron chi connectivity index (χ0n) is 12.3. The summed E-state index contributed by atoms with van der Waals surface area (Å²) in [6, 6.07) is 5.40. The Morgan fingerprint density at radius 3 is 2.57 bits per heavy atom. The third-order valence-electron chi connectivity index (χ3n) is 3.14. The fraction of sp³-hybridized carbons (Fsp3) is 0.429. The third kappa shape index (κ3) is 4.16. The molecule has 1 atom stereocenters. The van der Waals surface area contributed by atoms with E-state index in [0.717, 1.165) is 16.2 Å². The second-order valence-corrected chi connectivity index (χ2v) is 8.19. The minimum absolute atomic E-state index is 0.0495. The Hall–Kier alpha value is -1.15. The number of furan rings is 1. The second kappa shape index (κ2) is 6.74. The molecule has 0 saturated carbocycles. The van der Waals surface area contributed by atoms with E-state index in [0.29, 0.717) is 17.3 Å². The lowest BCUT2D eigenvalue weighted by atomic mass is 10.2. The van der Waals surface area contributed by atoms with Crippen molar-refractivity contribution in [2.45, 2.75) is 31.0 Å². The van der Waals surface area contributed by atoms with Crippen LogP contribution in [0.4, 0.5) is 0 Å². The molecule has 0 saturated heterocycles.